The summed E-state index contributed by atoms with van der Waals surface area (Å²) in [4.78, 5) is 25.1. The van der Waals surface area contributed by atoms with Gasteiger partial charge < -0.3 is 11.1 Å². The zero-order valence-electron chi connectivity index (χ0n) is 16.8. The van der Waals surface area contributed by atoms with Crippen LogP contribution in [0, 0.1) is 5.92 Å². The second kappa shape index (κ2) is 12.0. The molecule has 0 spiro atoms. The Morgan fingerprint density at radius 2 is 1.90 bits per heavy atom. The van der Waals surface area contributed by atoms with Gasteiger partial charge in [0.15, 0.2) is 0 Å². The highest BCUT2D eigenvalue weighted by Crippen LogP contribution is 2.27. The lowest BCUT2D eigenvalue weighted by Gasteiger charge is -2.23. The number of hydrogen-bond acceptors (Lipinski definition) is 6. The lowest BCUT2D eigenvalue weighted by Crippen LogP contribution is -2.47. The summed E-state index contributed by atoms with van der Waals surface area (Å²) in [6.07, 6.45) is 3.75. The van der Waals surface area contributed by atoms with Gasteiger partial charge in [-0.2, -0.15) is 0 Å². The van der Waals surface area contributed by atoms with E-state index in [-0.39, 0.29) is 17.7 Å². The third kappa shape index (κ3) is 7.49. The van der Waals surface area contributed by atoms with Gasteiger partial charge in [-0.05, 0) is 37.4 Å². The predicted molar refractivity (Wildman–Crippen MR) is 121 cm³/mol. The Hall–Kier alpha value is -1.84. The molecule has 2 atom stereocenters. The molecular weight excluding hydrogens is 454 g/mol. The summed E-state index contributed by atoms with van der Waals surface area (Å²) in [5, 5.41) is 15.0. The number of benzene rings is 1. The van der Waals surface area contributed by atoms with Crippen molar-refractivity contribution in [3.8, 4) is 10.6 Å². The number of hydrogen-bond donors (Lipinski definition) is 3. The minimum absolute atomic E-state index is 0.00172. The van der Waals surface area contributed by atoms with Crippen LogP contribution in [0.3, 0.4) is 0 Å². The van der Waals surface area contributed by atoms with Gasteiger partial charge in [-0.25, -0.2) is 0 Å². The Balaban J connectivity index is 1.99. The van der Waals surface area contributed by atoms with Crippen molar-refractivity contribution in [2.75, 3.05) is 11.9 Å². The summed E-state index contributed by atoms with van der Waals surface area (Å²) in [6.45, 7) is 4.57. The molecule has 1 aromatic heterocycles. The van der Waals surface area contributed by atoms with Crippen molar-refractivity contribution in [1.29, 1.82) is 0 Å². The topological polar surface area (TPSA) is 110 Å². The first-order valence-corrected chi connectivity index (χ1v) is 11.4. The molecule has 9 heteroatoms. The van der Waals surface area contributed by atoms with Crippen LogP contribution >= 0.6 is 27.3 Å². The average molecular weight is 482 g/mol. The van der Waals surface area contributed by atoms with Gasteiger partial charge in [0.25, 0.3) is 0 Å². The molecule has 158 valence electrons. The number of rotatable bonds is 11. The van der Waals surface area contributed by atoms with E-state index in [4.69, 9.17) is 5.73 Å². The number of carbonyl (C=O) groups is 2. The molecule has 0 aliphatic heterocycles. The van der Waals surface area contributed by atoms with E-state index in [9.17, 15) is 9.59 Å². The fraction of sp³-hybridized carbons (Fsp3) is 0.500. The Morgan fingerprint density at radius 3 is 2.55 bits per heavy atom. The largest absolute Gasteiger partial charge is 0.344 e. The lowest BCUT2D eigenvalue weighted by atomic mass is 9.98. The van der Waals surface area contributed by atoms with Crippen LogP contribution in [0.2, 0.25) is 0 Å². The molecule has 0 saturated heterocycles. The Kier molecular flexibility index (Phi) is 9.69. The van der Waals surface area contributed by atoms with Gasteiger partial charge in [0.2, 0.25) is 16.9 Å². The second-order valence-electron chi connectivity index (χ2n) is 6.94. The second-order valence-corrected chi connectivity index (χ2v) is 8.83. The summed E-state index contributed by atoms with van der Waals surface area (Å²) in [5.74, 6) is -0.384. The number of unbranched alkanes of at least 4 members (excludes halogenated alkanes) is 2. The van der Waals surface area contributed by atoms with Gasteiger partial charge in [0, 0.05) is 16.5 Å². The molecule has 7 nitrogen and oxygen atoms in total. The van der Waals surface area contributed by atoms with Crippen LogP contribution in [-0.4, -0.2) is 34.6 Å². The lowest BCUT2D eigenvalue weighted by molar-refractivity contribution is -0.127. The summed E-state index contributed by atoms with van der Waals surface area (Å²) in [6, 6.07) is 7.11. The zero-order chi connectivity index (χ0) is 21.2. The number of aromatic nitrogens is 2. The third-order valence-electron chi connectivity index (χ3n) is 4.67. The molecule has 0 bridgehead atoms. The van der Waals surface area contributed by atoms with Crippen LogP contribution in [0.4, 0.5) is 5.13 Å². The highest BCUT2D eigenvalue weighted by atomic mass is 79.9. The molecule has 1 heterocycles. The van der Waals surface area contributed by atoms with E-state index in [2.05, 4.69) is 36.8 Å². The molecule has 4 N–H and O–H groups in total. The van der Waals surface area contributed by atoms with Crippen LogP contribution < -0.4 is 16.4 Å². The molecule has 0 radical (unpaired) electrons. The Morgan fingerprint density at radius 1 is 1.17 bits per heavy atom. The summed E-state index contributed by atoms with van der Waals surface area (Å²) in [5.41, 5.74) is 6.40. The Labute approximate surface area is 184 Å². The van der Waals surface area contributed by atoms with E-state index in [1.54, 1.807) is 0 Å². The maximum atomic E-state index is 12.8. The normalized spacial score (nSPS) is 13.0. The molecule has 2 rings (SSSR count). The van der Waals surface area contributed by atoms with E-state index in [1.165, 1.54) is 11.3 Å². The molecule has 1 aromatic carbocycles. The summed E-state index contributed by atoms with van der Waals surface area (Å²) in [7, 11) is 0. The highest BCUT2D eigenvalue weighted by molar-refractivity contribution is 9.10. The van der Waals surface area contributed by atoms with Gasteiger partial charge in [-0.15, -0.1) is 10.2 Å². The van der Waals surface area contributed by atoms with Crippen molar-refractivity contribution < 1.29 is 9.59 Å². The molecule has 2 aromatic rings. The summed E-state index contributed by atoms with van der Waals surface area (Å²) >= 11 is 4.71. The van der Waals surface area contributed by atoms with Crippen LogP contribution in [-0.2, 0) is 9.59 Å². The summed E-state index contributed by atoms with van der Waals surface area (Å²) < 4.78 is 0.981. The Bertz CT molecular complexity index is 796. The maximum absolute atomic E-state index is 12.8. The average Bonchev–Trinajstić information content (AvgIpc) is 3.17. The van der Waals surface area contributed by atoms with Gasteiger partial charge in [-0.3, -0.25) is 14.9 Å². The van der Waals surface area contributed by atoms with Crippen molar-refractivity contribution in [1.82, 2.24) is 15.5 Å². The van der Waals surface area contributed by atoms with Crippen LogP contribution in [0.15, 0.2) is 28.7 Å². The fourth-order valence-electron chi connectivity index (χ4n) is 2.72. The van der Waals surface area contributed by atoms with Crippen molar-refractivity contribution in [3.05, 3.63) is 28.7 Å². The number of amides is 2. The first kappa shape index (κ1) is 23.4. The monoisotopic (exact) mass is 481 g/mol. The van der Waals surface area contributed by atoms with Gasteiger partial charge >= 0.3 is 0 Å². The maximum Gasteiger partial charge on any atom is 0.249 e. The number of halogens is 1. The molecule has 0 fully saturated rings. The molecule has 2 amide bonds. The SMILES string of the molecule is CCC(C)C(NC(=O)CCCCCN)C(=O)Nc1nnc(-c2ccc(Br)cc2)s1. The van der Waals surface area contributed by atoms with Gasteiger partial charge in [-0.1, -0.05) is 66.1 Å². The van der Waals surface area contributed by atoms with Crippen molar-refractivity contribution in [2.45, 2.75) is 52.0 Å². The molecule has 2 unspecified atom stereocenters. The molecule has 29 heavy (non-hydrogen) atoms. The number of nitrogens with one attached hydrogen (secondary N) is 2. The minimum Gasteiger partial charge on any atom is -0.344 e. The first-order valence-electron chi connectivity index (χ1n) is 9.84. The molecule has 0 saturated carbocycles. The van der Waals surface area contributed by atoms with E-state index in [1.807, 2.05) is 38.1 Å². The molecular formula is C20H28BrN5O2S. The zero-order valence-corrected chi connectivity index (χ0v) is 19.2. The third-order valence-corrected chi connectivity index (χ3v) is 6.08. The fourth-order valence-corrected chi connectivity index (χ4v) is 3.74. The number of nitrogens with two attached hydrogens (primary N) is 1. The van der Waals surface area contributed by atoms with Crippen molar-refractivity contribution in [3.63, 3.8) is 0 Å². The van der Waals surface area contributed by atoms with Crippen molar-refractivity contribution >= 4 is 44.2 Å². The number of nitrogens with zero attached hydrogens (tertiary/aromatic N) is 2. The first-order chi connectivity index (χ1) is 13.9. The van der Waals surface area contributed by atoms with E-state index < -0.39 is 6.04 Å². The van der Waals surface area contributed by atoms with Crippen LogP contribution in [0.25, 0.3) is 10.6 Å². The van der Waals surface area contributed by atoms with Gasteiger partial charge in [0.05, 0.1) is 0 Å². The van der Waals surface area contributed by atoms with E-state index in [0.717, 1.165) is 40.7 Å². The predicted octanol–water partition coefficient (Wildman–Crippen LogP) is 3.96. The highest BCUT2D eigenvalue weighted by Gasteiger charge is 2.26. The number of anilines is 1. The number of carbonyl (C=O) groups excluding carboxylic acids is 2. The molecule has 0 aliphatic rings. The smallest absolute Gasteiger partial charge is 0.249 e. The molecule has 0 aliphatic carbocycles. The standard InChI is InChI=1S/C20H28BrN5O2S/c1-3-13(2)17(23-16(27)7-5-4-6-12-22)18(28)24-20-26-25-19(29-20)14-8-10-15(21)11-9-14/h8-11,13,17H,3-7,12,22H2,1-2H3,(H,23,27)(H,24,26,28). The van der Waals surface area contributed by atoms with E-state index in [0.29, 0.717) is 18.1 Å². The van der Waals surface area contributed by atoms with Crippen LogP contribution in [0.5, 0.6) is 0 Å². The van der Waals surface area contributed by atoms with Crippen LogP contribution in [0.1, 0.15) is 46.0 Å². The quantitative estimate of drug-likeness (QED) is 0.420. The van der Waals surface area contributed by atoms with Crippen molar-refractivity contribution in [2.24, 2.45) is 11.7 Å². The van der Waals surface area contributed by atoms with Gasteiger partial charge in [0.1, 0.15) is 11.0 Å². The van der Waals surface area contributed by atoms with E-state index >= 15 is 0 Å². The minimum atomic E-state index is -0.609.